The van der Waals surface area contributed by atoms with E-state index in [1.54, 1.807) is 19.1 Å². The summed E-state index contributed by atoms with van der Waals surface area (Å²) in [6, 6.07) is 4.66. The van der Waals surface area contributed by atoms with Crippen molar-refractivity contribution in [2.45, 2.75) is 27.7 Å². The monoisotopic (exact) mass is 282 g/mol. The van der Waals surface area contributed by atoms with Crippen LogP contribution in [0.25, 0.3) is 5.69 Å². The van der Waals surface area contributed by atoms with Gasteiger partial charge < -0.3 is 0 Å². The molecule has 0 saturated heterocycles. The number of rotatable bonds is 2. The van der Waals surface area contributed by atoms with Crippen LogP contribution < -0.4 is 0 Å². The predicted molar refractivity (Wildman–Crippen MR) is 74.6 cm³/mol. The second-order valence-electron chi connectivity index (χ2n) is 3.68. The Morgan fingerprint density at radius 3 is 2.53 bits per heavy atom. The molecule has 1 aromatic carbocycles. The second-order valence-corrected chi connectivity index (χ2v) is 4.09. The molecule has 0 atom stereocenters. The zero-order valence-electron chi connectivity index (χ0n) is 11.4. The molecule has 2 rings (SSSR count). The van der Waals surface area contributed by atoms with Gasteiger partial charge in [0.25, 0.3) is 0 Å². The van der Waals surface area contributed by atoms with Crippen molar-refractivity contribution in [1.82, 2.24) is 9.78 Å². The molecular weight excluding hydrogens is 267 g/mol. The van der Waals surface area contributed by atoms with Crippen molar-refractivity contribution in [2.24, 2.45) is 0 Å². The minimum atomic E-state index is -0.546. The van der Waals surface area contributed by atoms with Crippen molar-refractivity contribution in [2.75, 3.05) is 0 Å². The van der Waals surface area contributed by atoms with Gasteiger partial charge in [-0.15, -0.1) is 0 Å². The standard InChI is InChI=1S/C12H10ClFN2O.C2H6/c1-7-9(8(2)17)6-15-16(7)11-5-3-4-10(13)12(11)14;1-2/h3-6H,1-2H3;1-2H3. The number of halogens is 2. The third-order valence-electron chi connectivity index (χ3n) is 2.55. The normalized spacial score (nSPS) is 9.79. The van der Waals surface area contributed by atoms with Crippen LogP contribution in [0, 0.1) is 12.7 Å². The molecule has 1 heterocycles. The Hall–Kier alpha value is -1.68. The van der Waals surface area contributed by atoms with Crippen molar-refractivity contribution < 1.29 is 9.18 Å². The van der Waals surface area contributed by atoms with Crippen LogP contribution in [-0.2, 0) is 0 Å². The summed E-state index contributed by atoms with van der Waals surface area (Å²) in [4.78, 5) is 11.3. The smallest absolute Gasteiger partial charge is 0.167 e. The maximum absolute atomic E-state index is 13.8. The fraction of sp³-hybridized carbons (Fsp3) is 0.286. The average molecular weight is 283 g/mol. The van der Waals surface area contributed by atoms with Gasteiger partial charge >= 0.3 is 0 Å². The Labute approximate surface area is 117 Å². The molecule has 0 aliphatic carbocycles. The molecule has 3 nitrogen and oxygen atoms in total. The van der Waals surface area contributed by atoms with Crippen LogP contribution >= 0.6 is 11.6 Å². The molecule has 0 aliphatic rings. The number of benzene rings is 1. The second kappa shape index (κ2) is 6.48. The molecule has 0 saturated carbocycles. The Morgan fingerprint density at radius 1 is 1.37 bits per heavy atom. The third kappa shape index (κ3) is 3.01. The van der Waals surface area contributed by atoms with E-state index in [0.29, 0.717) is 11.3 Å². The Balaban J connectivity index is 0.000000861. The van der Waals surface area contributed by atoms with Gasteiger partial charge in [-0.25, -0.2) is 9.07 Å². The van der Waals surface area contributed by atoms with E-state index in [0.717, 1.165) is 0 Å². The van der Waals surface area contributed by atoms with Crippen molar-refractivity contribution in [3.05, 3.63) is 46.5 Å². The summed E-state index contributed by atoms with van der Waals surface area (Å²) < 4.78 is 15.2. The maximum atomic E-state index is 13.8. The minimum Gasteiger partial charge on any atom is -0.294 e. The Kier molecular flexibility index (Phi) is 5.24. The molecule has 1 aromatic heterocycles. The summed E-state index contributed by atoms with van der Waals surface area (Å²) in [5, 5.41) is 4.04. The first-order valence-corrected chi connectivity index (χ1v) is 6.40. The summed E-state index contributed by atoms with van der Waals surface area (Å²) >= 11 is 5.70. The van der Waals surface area contributed by atoms with Crippen molar-refractivity contribution >= 4 is 17.4 Å². The number of carbonyl (C=O) groups excluding carboxylic acids is 1. The van der Waals surface area contributed by atoms with Gasteiger partial charge in [0.1, 0.15) is 5.69 Å². The molecule has 0 unspecified atom stereocenters. The van der Waals surface area contributed by atoms with Crippen molar-refractivity contribution in [3.63, 3.8) is 0 Å². The molecule has 5 heteroatoms. The summed E-state index contributed by atoms with van der Waals surface area (Å²) in [5.41, 5.74) is 1.31. The Morgan fingerprint density at radius 2 is 2.00 bits per heavy atom. The van der Waals surface area contributed by atoms with Gasteiger partial charge in [-0.2, -0.15) is 5.10 Å². The van der Waals surface area contributed by atoms with Gasteiger partial charge in [0.05, 0.1) is 22.5 Å². The number of hydrogen-bond acceptors (Lipinski definition) is 2. The lowest BCUT2D eigenvalue weighted by Gasteiger charge is -2.07. The molecule has 0 bridgehead atoms. The average Bonchev–Trinajstić information content (AvgIpc) is 2.77. The van der Waals surface area contributed by atoms with Crippen LogP contribution in [0.1, 0.15) is 36.8 Å². The highest BCUT2D eigenvalue weighted by molar-refractivity contribution is 6.30. The number of carbonyl (C=O) groups is 1. The summed E-state index contributed by atoms with van der Waals surface area (Å²) in [5.74, 6) is -0.647. The van der Waals surface area contributed by atoms with E-state index in [4.69, 9.17) is 11.6 Å². The van der Waals surface area contributed by atoms with Crippen LogP contribution in [-0.4, -0.2) is 15.6 Å². The van der Waals surface area contributed by atoms with E-state index in [1.807, 2.05) is 13.8 Å². The van der Waals surface area contributed by atoms with Crippen LogP contribution in [0.4, 0.5) is 4.39 Å². The van der Waals surface area contributed by atoms with E-state index in [1.165, 1.54) is 23.9 Å². The number of Topliss-reactive ketones (excluding diaryl/α,β-unsaturated/α-hetero) is 1. The zero-order valence-corrected chi connectivity index (χ0v) is 12.1. The van der Waals surface area contributed by atoms with Gasteiger partial charge in [-0.05, 0) is 26.0 Å². The highest BCUT2D eigenvalue weighted by Gasteiger charge is 2.15. The van der Waals surface area contributed by atoms with E-state index in [9.17, 15) is 9.18 Å². The molecule has 0 radical (unpaired) electrons. The minimum absolute atomic E-state index is 0.0294. The number of hydrogen-bond donors (Lipinski definition) is 0. The van der Waals surface area contributed by atoms with E-state index in [2.05, 4.69) is 5.10 Å². The summed E-state index contributed by atoms with van der Waals surface area (Å²) in [7, 11) is 0. The Bertz CT molecular complexity index is 593. The summed E-state index contributed by atoms with van der Waals surface area (Å²) in [6.07, 6.45) is 1.43. The fourth-order valence-corrected chi connectivity index (χ4v) is 1.82. The maximum Gasteiger partial charge on any atom is 0.167 e. The molecule has 19 heavy (non-hydrogen) atoms. The largest absolute Gasteiger partial charge is 0.294 e. The first-order valence-electron chi connectivity index (χ1n) is 6.02. The van der Waals surface area contributed by atoms with E-state index in [-0.39, 0.29) is 16.5 Å². The molecule has 0 spiro atoms. The van der Waals surface area contributed by atoms with E-state index >= 15 is 0 Å². The highest BCUT2D eigenvalue weighted by Crippen LogP contribution is 2.22. The lowest BCUT2D eigenvalue weighted by Crippen LogP contribution is -2.03. The molecule has 0 fully saturated rings. The highest BCUT2D eigenvalue weighted by atomic mass is 35.5. The van der Waals surface area contributed by atoms with Crippen molar-refractivity contribution in [1.29, 1.82) is 0 Å². The fourth-order valence-electron chi connectivity index (χ4n) is 1.65. The van der Waals surface area contributed by atoms with Gasteiger partial charge in [0.15, 0.2) is 11.6 Å². The lowest BCUT2D eigenvalue weighted by atomic mass is 10.2. The van der Waals surface area contributed by atoms with Gasteiger partial charge in [-0.1, -0.05) is 31.5 Å². The van der Waals surface area contributed by atoms with Crippen LogP contribution in [0.5, 0.6) is 0 Å². The molecular formula is C14H16ClFN2O. The first-order chi connectivity index (χ1) is 9.02. The van der Waals surface area contributed by atoms with Crippen molar-refractivity contribution in [3.8, 4) is 5.69 Å². The molecule has 0 N–H and O–H groups in total. The van der Waals surface area contributed by atoms with Gasteiger partial charge in [-0.3, -0.25) is 4.79 Å². The zero-order chi connectivity index (χ0) is 14.6. The van der Waals surface area contributed by atoms with Gasteiger partial charge in [0.2, 0.25) is 0 Å². The molecule has 0 amide bonds. The van der Waals surface area contributed by atoms with E-state index < -0.39 is 5.82 Å². The molecule has 102 valence electrons. The lowest BCUT2D eigenvalue weighted by molar-refractivity contribution is 0.101. The molecule has 0 aliphatic heterocycles. The van der Waals surface area contributed by atoms with Crippen LogP contribution in [0.3, 0.4) is 0 Å². The van der Waals surface area contributed by atoms with Crippen LogP contribution in [0.15, 0.2) is 24.4 Å². The quantitative estimate of drug-likeness (QED) is 0.774. The van der Waals surface area contributed by atoms with Crippen LogP contribution in [0.2, 0.25) is 5.02 Å². The molecule has 2 aromatic rings. The summed E-state index contributed by atoms with van der Waals surface area (Å²) in [6.45, 7) is 7.16. The SMILES string of the molecule is CC.CC(=O)c1cnn(-c2cccc(Cl)c2F)c1C. The first kappa shape index (κ1) is 15.4. The number of nitrogens with zero attached hydrogens (tertiary/aromatic N) is 2. The number of aromatic nitrogens is 2. The number of ketones is 1. The third-order valence-corrected chi connectivity index (χ3v) is 2.84. The topological polar surface area (TPSA) is 34.9 Å². The van der Waals surface area contributed by atoms with Gasteiger partial charge in [0, 0.05) is 0 Å². The predicted octanol–water partition coefficient (Wildman–Crippen LogP) is 4.20.